The minimum absolute atomic E-state index is 0.487. The van der Waals surface area contributed by atoms with Crippen molar-refractivity contribution in [2.75, 3.05) is 26.5 Å². The van der Waals surface area contributed by atoms with Gasteiger partial charge in [-0.1, -0.05) is 23.7 Å². The van der Waals surface area contributed by atoms with Crippen molar-refractivity contribution in [1.29, 1.82) is 0 Å². The van der Waals surface area contributed by atoms with Gasteiger partial charge in [0.1, 0.15) is 0 Å². The second kappa shape index (κ2) is 9.15. The van der Waals surface area contributed by atoms with Crippen molar-refractivity contribution in [1.82, 2.24) is 14.8 Å². The molecule has 0 atom stereocenters. The SMILES string of the molecule is CN=C(NCc1ccc(NC(=O)OC)cc1)N(C)Cc1cc(Cl)cn1C. The maximum Gasteiger partial charge on any atom is 0.411 e. The van der Waals surface area contributed by atoms with E-state index < -0.39 is 6.09 Å². The summed E-state index contributed by atoms with van der Waals surface area (Å²) in [6.07, 6.45) is 1.39. The number of benzene rings is 1. The summed E-state index contributed by atoms with van der Waals surface area (Å²) < 4.78 is 6.57. The van der Waals surface area contributed by atoms with Crippen LogP contribution in [0.2, 0.25) is 5.02 Å². The fraction of sp³-hybridized carbons (Fsp3) is 0.333. The van der Waals surface area contributed by atoms with Crippen LogP contribution in [-0.4, -0.2) is 42.7 Å². The molecule has 0 unspecified atom stereocenters. The zero-order valence-electron chi connectivity index (χ0n) is 15.4. The van der Waals surface area contributed by atoms with Gasteiger partial charge in [0.15, 0.2) is 5.96 Å². The van der Waals surface area contributed by atoms with Gasteiger partial charge >= 0.3 is 6.09 Å². The number of ether oxygens (including phenoxy) is 1. The minimum Gasteiger partial charge on any atom is -0.453 e. The maximum absolute atomic E-state index is 11.2. The Balaban J connectivity index is 1.91. The van der Waals surface area contributed by atoms with Gasteiger partial charge in [-0.25, -0.2) is 4.79 Å². The van der Waals surface area contributed by atoms with Crippen LogP contribution in [0.25, 0.3) is 0 Å². The number of amides is 1. The number of guanidine groups is 1. The lowest BCUT2D eigenvalue weighted by Gasteiger charge is -2.22. The van der Waals surface area contributed by atoms with E-state index in [1.807, 2.05) is 60.1 Å². The molecule has 7 nitrogen and oxygen atoms in total. The van der Waals surface area contributed by atoms with Gasteiger partial charge in [0.05, 0.1) is 18.7 Å². The van der Waals surface area contributed by atoms with Crippen molar-refractivity contribution in [2.45, 2.75) is 13.1 Å². The first kappa shape index (κ1) is 19.7. The number of methoxy groups -OCH3 is 1. The lowest BCUT2D eigenvalue weighted by Crippen LogP contribution is -2.38. The fourth-order valence-corrected chi connectivity index (χ4v) is 2.75. The van der Waals surface area contributed by atoms with E-state index in [1.54, 1.807) is 7.05 Å². The van der Waals surface area contributed by atoms with Gasteiger partial charge in [0.25, 0.3) is 0 Å². The Bertz CT molecular complexity index is 770. The number of halogens is 1. The smallest absolute Gasteiger partial charge is 0.411 e. The molecule has 0 spiro atoms. The number of nitrogens with zero attached hydrogens (tertiary/aromatic N) is 3. The van der Waals surface area contributed by atoms with E-state index in [9.17, 15) is 4.79 Å². The van der Waals surface area contributed by atoms with Crippen LogP contribution in [0.5, 0.6) is 0 Å². The summed E-state index contributed by atoms with van der Waals surface area (Å²) in [7, 11) is 7.02. The first-order chi connectivity index (χ1) is 12.4. The zero-order chi connectivity index (χ0) is 19.1. The van der Waals surface area contributed by atoms with Crippen LogP contribution >= 0.6 is 11.6 Å². The lowest BCUT2D eigenvalue weighted by atomic mass is 10.2. The molecule has 1 aromatic carbocycles. The molecule has 0 bridgehead atoms. The highest BCUT2D eigenvalue weighted by Gasteiger charge is 2.10. The molecule has 2 N–H and O–H groups in total. The highest BCUT2D eigenvalue weighted by Crippen LogP contribution is 2.14. The summed E-state index contributed by atoms with van der Waals surface area (Å²) in [4.78, 5) is 17.5. The van der Waals surface area contributed by atoms with E-state index in [-0.39, 0.29) is 0 Å². The number of carbonyl (C=O) groups is 1. The van der Waals surface area contributed by atoms with Gasteiger partial charge in [-0.15, -0.1) is 0 Å². The van der Waals surface area contributed by atoms with Crippen LogP contribution < -0.4 is 10.6 Å². The molecule has 1 amide bonds. The summed E-state index contributed by atoms with van der Waals surface area (Å²) in [5.74, 6) is 0.777. The highest BCUT2D eigenvalue weighted by atomic mass is 35.5. The van der Waals surface area contributed by atoms with Gasteiger partial charge < -0.3 is 19.5 Å². The number of nitrogens with one attached hydrogen (secondary N) is 2. The molecule has 8 heteroatoms. The molecule has 2 aromatic rings. The van der Waals surface area contributed by atoms with Crippen molar-refractivity contribution in [3.63, 3.8) is 0 Å². The van der Waals surface area contributed by atoms with Crippen LogP contribution in [0.3, 0.4) is 0 Å². The van der Waals surface area contributed by atoms with Crippen molar-refractivity contribution < 1.29 is 9.53 Å². The topological polar surface area (TPSA) is 70.9 Å². The minimum atomic E-state index is -0.487. The van der Waals surface area contributed by atoms with Crippen LogP contribution in [0.1, 0.15) is 11.3 Å². The summed E-state index contributed by atoms with van der Waals surface area (Å²) in [5, 5.41) is 6.67. The molecule has 1 heterocycles. The van der Waals surface area contributed by atoms with E-state index >= 15 is 0 Å². The third kappa shape index (κ3) is 5.42. The van der Waals surface area contributed by atoms with Crippen molar-refractivity contribution in [2.24, 2.45) is 12.0 Å². The number of aromatic nitrogens is 1. The molecule has 0 saturated carbocycles. The van der Waals surface area contributed by atoms with E-state index in [0.29, 0.717) is 18.8 Å². The summed E-state index contributed by atoms with van der Waals surface area (Å²) in [6, 6.07) is 9.46. The van der Waals surface area contributed by atoms with Gasteiger partial charge in [0, 0.05) is 45.3 Å². The Morgan fingerprint density at radius 3 is 2.58 bits per heavy atom. The van der Waals surface area contributed by atoms with Gasteiger partial charge in [-0.3, -0.25) is 10.3 Å². The molecule has 0 fully saturated rings. The predicted octanol–water partition coefficient (Wildman–Crippen LogP) is 3.06. The molecule has 0 saturated heterocycles. The van der Waals surface area contributed by atoms with Crippen LogP contribution in [0.4, 0.5) is 10.5 Å². The van der Waals surface area contributed by atoms with Crippen molar-refractivity contribution >= 4 is 29.3 Å². The molecule has 0 radical (unpaired) electrons. The third-order valence-corrected chi connectivity index (χ3v) is 4.09. The Morgan fingerprint density at radius 1 is 1.35 bits per heavy atom. The van der Waals surface area contributed by atoms with Gasteiger partial charge in [0.2, 0.25) is 0 Å². The second-order valence-corrected chi connectivity index (χ2v) is 6.27. The number of hydrogen-bond donors (Lipinski definition) is 2. The highest BCUT2D eigenvalue weighted by molar-refractivity contribution is 6.30. The van der Waals surface area contributed by atoms with E-state index in [1.165, 1.54) is 7.11 Å². The Labute approximate surface area is 158 Å². The normalized spacial score (nSPS) is 11.2. The molecule has 0 aliphatic rings. The van der Waals surface area contributed by atoms with Crippen molar-refractivity contribution in [3.05, 3.63) is 52.8 Å². The van der Waals surface area contributed by atoms with Gasteiger partial charge in [-0.05, 0) is 23.8 Å². The molecule has 140 valence electrons. The van der Waals surface area contributed by atoms with Crippen molar-refractivity contribution in [3.8, 4) is 0 Å². The van der Waals surface area contributed by atoms with Crippen LogP contribution in [0.15, 0.2) is 41.5 Å². The first-order valence-corrected chi connectivity index (χ1v) is 8.47. The number of aryl methyl sites for hydroxylation is 1. The summed E-state index contributed by atoms with van der Waals surface area (Å²) >= 11 is 6.04. The predicted molar refractivity (Wildman–Crippen MR) is 105 cm³/mol. The van der Waals surface area contributed by atoms with Crippen LogP contribution in [0, 0.1) is 0 Å². The Morgan fingerprint density at radius 2 is 2.04 bits per heavy atom. The third-order valence-electron chi connectivity index (χ3n) is 3.88. The fourth-order valence-electron chi connectivity index (χ4n) is 2.48. The standard InChI is InChI=1S/C18H24ClN5O2/c1-20-17(24(3)12-16-9-14(19)11-23(16)2)21-10-13-5-7-15(8-6-13)22-18(25)26-4/h5-9,11H,10,12H2,1-4H3,(H,20,21)(H,22,25). The van der Waals surface area contributed by atoms with E-state index in [2.05, 4.69) is 20.4 Å². The molecule has 1 aromatic heterocycles. The summed E-state index contributed by atoms with van der Waals surface area (Å²) in [5.41, 5.74) is 2.85. The largest absolute Gasteiger partial charge is 0.453 e. The molecule has 0 aliphatic carbocycles. The maximum atomic E-state index is 11.2. The average molecular weight is 378 g/mol. The Hall–Kier alpha value is -2.67. The average Bonchev–Trinajstić information content (AvgIpc) is 2.93. The lowest BCUT2D eigenvalue weighted by molar-refractivity contribution is 0.187. The first-order valence-electron chi connectivity index (χ1n) is 8.09. The zero-order valence-corrected chi connectivity index (χ0v) is 16.2. The molecular formula is C18H24ClN5O2. The quantitative estimate of drug-likeness (QED) is 0.620. The van der Waals surface area contributed by atoms with Crippen LogP contribution in [-0.2, 0) is 24.9 Å². The number of aliphatic imine (C=N–C) groups is 1. The summed E-state index contributed by atoms with van der Waals surface area (Å²) in [6.45, 7) is 1.30. The monoisotopic (exact) mass is 377 g/mol. The Kier molecular flexibility index (Phi) is 6.91. The molecule has 26 heavy (non-hydrogen) atoms. The molecule has 0 aliphatic heterocycles. The second-order valence-electron chi connectivity index (χ2n) is 5.83. The number of carbonyl (C=O) groups excluding carboxylic acids is 1. The van der Waals surface area contributed by atoms with E-state index in [0.717, 1.165) is 22.2 Å². The van der Waals surface area contributed by atoms with E-state index in [4.69, 9.17) is 11.6 Å². The number of anilines is 1. The number of rotatable bonds is 5. The number of hydrogen-bond acceptors (Lipinski definition) is 3. The molecule has 2 rings (SSSR count). The molecular weight excluding hydrogens is 354 g/mol. The van der Waals surface area contributed by atoms with Gasteiger partial charge in [-0.2, -0.15) is 0 Å².